The number of ether oxygens (including phenoxy) is 2. The number of nitro groups is 1. The number of nitro benzene ring substituents is 1. The molecule has 22 heavy (non-hydrogen) atoms. The number of halogens is 2. The Bertz CT molecular complexity index is 720. The summed E-state index contributed by atoms with van der Waals surface area (Å²) in [5.41, 5.74) is 0.0380. The molecule has 0 amide bonds. The van der Waals surface area contributed by atoms with Gasteiger partial charge in [0.1, 0.15) is 18.1 Å². The summed E-state index contributed by atoms with van der Waals surface area (Å²) in [6, 6.07) is 8.79. The molecule has 0 aliphatic rings. The van der Waals surface area contributed by atoms with Crippen LogP contribution >= 0.6 is 23.2 Å². The van der Waals surface area contributed by atoms with E-state index >= 15 is 0 Å². The normalized spacial score (nSPS) is 10.1. The van der Waals surface area contributed by atoms with Crippen LogP contribution in [-0.2, 0) is 16.1 Å². The summed E-state index contributed by atoms with van der Waals surface area (Å²) in [5, 5.41) is 11.7. The van der Waals surface area contributed by atoms with Crippen molar-refractivity contribution in [3.63, 3.8) is 0 Å². The lowest BCUT2D eigenvalue weighted by Crippen LogP contribution is -1.98. The maximum Gasteiger partial charge on any atom is 0.293 e. The Labute approximate surface area is 135 Å². The van der Waals surface area contributed by atoms with Crippen molar-refractivity contribution >= 4 is 35.4 Å². The average Bonchev–Trinajstić information content (AvgIpc) is 2.48. The van der Waals surface area contributed by atoms with Crippen molar-refractivity contribution in [2.75, 3.05) is 0 Å². The zero-order valence-corrected chi connectivity index (χ0v) is 12.5. The summed E-state index contributed by atoms with van der Waals surface area (Å²) in [5.74, 6) is 0.668. The molecule has 0 atom stereocenters. The molecule has 0 saturated heterocycles. The van der Waals surface area contributed by atoms with Crippen molar-refractivity contribution in [2.45, 2.75) is 6.61 Å². The number of benzene rings is 2. The first kappa shape index (κ1) is 16.1. The molecule has 6 nitrogen and oxygen atoms in total. The van der Waals surface area contributed by atoms with Crippen LogP contribution in [0.25, 0.3) is 0 Å². The van der Waals surface area contributed by atoms with Gasteiger partial charge in [0.15, 0.2) is 0 Å². The fraction of sp³-hybridized carbons (Fsp3) is 0.0714. The zero-order valence-electron chi connectivity index (χ0n) is 11.0. The average molecular weight is 342 g/mol. The van der Waals surface area contributed by atoms with Crippen molar-refractivity contribution in [1.82, 2.24) is 0 Å². The van der Waals surface area contributed by atoms with E-state index in [0.717, 1.165) is 0 Å². The molecule has 0 N–H and O–H groups in total. The largest absolute Gasteiger partial charge is 0.463 e. The standard InChI is InChI=1S/C14H9Cl2NO5/c15-10-1-4-14(12(16)6-10)22-11-2-3-13(17(19)20)9(5-11)7-21-8-18/h1-6,8H,7H2. The molecule has 2 rings (SSSR count). The fourth-order valence-electron chi connectivity index (χ4n) is 1.73. The fourth-order valence-corrected chi connectivity index (χ4v) is 2.17. The van der Waals surface area contributed by atoms with Gasteiger partial charge in [-0.1, -0.05) is 23.2 Å². The molecule has 2 aromatic carbocycles. The van der Waals surface area contributed by atoms with E-state index < -0.39 is 4.92 Å². The Morgan fingerprint density at radius 3 is 2.59 bits per heavy atom. The van der Waals surface area contributed by atoms with Crippen molar-refractivity contribution in [2.24, 2.45) is 0 Å². The Morgan fingerprint density at radius 1 is 1.18 bits per heavy atom. The van der Waals surface area contributed by atoms with Crippen molar-refractivity contribution < 1.29 is 19.2 Å². The van der Waals surface area contributed by atoms with Gasteiger partial charge < -0.3 is 9.47 Å². The summed E-state index contributed by atoms with van der Waals surface area (Å²) in [6.45, 7) is -0.0152. The molecule has 0 radical (unpaired) electrons. The highest BCUT2D eigenvalue weighted by Crippen LogP contribution is 2.33. The van der Waals surface area contributed by atoms with Gasteiger partial charge in [0, 0.05) is 11.1 Å². The molecule has 2 aromatic rings. The Kier molecular flexibility index (Phi) is 5.19. The van der Waals surface area contributed by atoms with E-state index in [1.54, 1.807) is 12.1 Å². The zero-order chi connectivity index (χ0) is 16.1. The topological polar surface area (TPSA) is 78.7 Å². The highest BCUT2D eigenvalue weighted by atomic mass is 35.5. The molecule has 0 fully saturated rings. The van der Waals surface area contributed by atoms with E-state index in [4.69, 9.17) is 27.9 Å². The minimum absolute atomic E-state index is 0.170. The first-order valence-electron chi connectivity index (χ1n) is 5.96. The van der Waals surface area contributed by atoms with E-state index in [9.17, 15) is 14.9 Å². The summed E-state index contributed by atoms with van der Waals surface area (Å²) >= 11 is 11.8. The first-order valence-corrected chi connectivity index (χ1v) is 6.72. The first-order chi connectivity index (χ1) is 10.5. The monoisotopic (exact) mass is 341 g/mol. The number of hydrogen-bond acceptors (Lipinski definition) is 5. The quantitative estimate of drug-likeness (QED) is 0.443. The van der Waals surface area contributed by atoms with Gasteiger partial charge in [-0.05, 0) is 30.3 Å². The van der Waals surface area contributed by atoms with Gasteiger partial charge in [-0.25, -0.2) is 0 Å². The predicted octanol–water partition coefficient (Wildman–Crippen LogP) is 4.37. The lowest BCUT2D eigenvalue weighted by Gasteiger charge is -2.09. The maximum absolute atomic E-state index is 10.9. The third-order valence-electron chi connectivity index (χ3n) is 2.68. The van der Waals surface area contributed by atoms with Crippen LogP contribution in [0, 0.1) is 10.1 Å². The Morgan fingerprint density at radius 2 is 1.95 bits per heavy atom. The molecule has 0 heterocycles. The van der Waals surface area contributed by atoms with E-state index in [0.29, 0.717) is 21.5 Å². The number of nitrogens with zero attached hydrogens (tertiary/aromatic N) is 1. The van der Waals surface area contributed by atoms with Crippen LogP contribution in [0.5, 0.6) is 11.5 Å². The molecule has 0 bridgehead atoms. The minimum atomic E-state index is -0.567. The van der Waals surface area contributed by atoms with Crippen LogP contribution in [0.1, 0.15) is 5.56 Å². The van der Waals surface area contributed by atoms with Crippen LogP contribution in [0.15, 0.2) is 36.4 Å². The second-order valence-corrected chi connectivity index (χ2v) is 4.98. The number of rotatable bonds is 6. The molecule has 0 saturated carbocycles. The van der Waals surface area contributed by atoms with E-state index in [-0.39, 0.29) is 24.3 Å². The Hall–Kier alpha value is -2.31. The van der Waals surface area contributed by atoms with Crippen LogP contribution in [0.2, 0.25) is 10.0 Å². The van der Waals surface area contributed by atoms with Gasteiger partial charge in [0.2, 0.25) is 0 Å². The van der Waals surface area contributed by atoms with Gasteiger partial charge in [-0.2, -0.15) is 0 Å². The second kappa shape index (κ2) is 7.11. The molecule has 0 aliphatic heterocycles. The Balaban J connectivity index is 2.31. The van der Waals surface area contributed by atoms with E-state index in [2.05, 4.69) is 4.74 Å². The third-order valence-corrected chi connectivity index (χ3v) is 3.21. The van der Waals surface area contributed by atoms with Crippen molar-refractivity contribution in [3.8, 4) is 11.5 Å². The summed E-state index contributed by atoms with van der Waals surface area (Å²) < 4.78 is 10.1. The predicted molar refractivity (Wildman–Crippen MR) is 80.5 cm³/mol. The third kappa shape index (κ3) is 3.87. The van der Waals surface area contributed by atoms with Crippen molar-refractivity contribution in [3.05, 3.63) is 62.1 Å². The van der Waals surface area contributed by atoms with Crippen LogP contribution < -0.4 is 4.74 Å². The van der Waals surface area contributed by atoms with E-state index in [1.807, 2.05) is 0 Å². The molecule has 114 valence electrons. The lowest BCUT2D eigenvalue weighted by atomic mass is 10.2. The summed E-state index contributed by atoms with van der Waals surface area (Å²) in [7, 11) is 0. The molecule has 0 spiro atoms. The van der Waals surface area contributed by atoms with Gasteiger partial charge in [-0.15, -0.1) is 0 Å². The highest BCUT2D eigenvalue weighted by Gasteiger charge is 2.16. The van der Waals surface area contributed by atoms with Crippen molar-refractivity contribution in [1.29, 1.82) is 0 Å². The number of carbonyl (C=O) groups is 1. The van der Waals surface area contributed by atoms with E-state index in [1.165, 1.54) is 24.3 Å². The number of carbonyl (C=O) groups excluding carboxylic acids is 1. The van der Waals surface area contributed by atoms with Gasteiger partial charge in [0.25, 0.3) is 12.2 Å². The van der Waals surface area contributed by atoms with Gasteiger partial charge >= 0.3 is 0 Å². The summed E-state index contributed by atoms with van der Waals surface area (Å²) in [6.07, 6.45) is 0. The highest BCUT2D eigenvalue weighted by molar-refractivity contribution is 6.35. The maximum atomic E-state index is 10.9. The number of hydrogen-bond donors (Lipinski definition) is 0. The second-order valence-electron chi connectivity index (χ2n) is 4.13. The van der Waals surface area contributed by atoms with Crippen LogP contribution in [0.3, 0.4) is 0 Å². The molecule has 0 aliphatic carbocycles. The molecular weight excluding hydrogens is 333 g/mol. The molecular formula is C14H9Cl2NO5. The van der Waals surface area contributed by atoms with Gasteiger partial charge in [0.05, 0.1) is 15.5 Å². The van der Waals surface area contributed by atoms with Crippen LogP contribution in [0.4, 0.5) is 5.69 Å². The molecule has 8 heteroatoms. The lowest BCUT2D eigenvalue weighted by molar-refractivity contribution is -0.385. The minimum Gasteiger partial charge on any atom is -0.463 e. The molecule has 0 aromatic heterocycles. The van der Waals surface area contributed by atoms with Gasteiger partial charge in [-0.3, -0.25) is 14.9 Å². The molecule has 0 unspecified atom stereocenters. The SMILES string of the molecule is O=COCc1cc(Oc2ccc(Cl)cc2Cl)ccc1[N+](=O)[O-]. The smallest absolute Gasteiger partial charge is 0.293 e. The summed E-state index contributed by atoms with van der Waals surface area (Å²) in [4.78, 5) is 20.6. The van der Waals surface area contributed by atoms with Crippen LogP contribution in [-0.4, -0.2) is 11.4 Å².